The molecule has 1 amide bonds. The lowest BCUT2D eigenvalue weighted by Gasteiger charge is -2.37. The molecule has 1 heterocycles. The van der Waals surface area contributed by atoms with Gasteiger partial charge in [-0.3, -0.25) is 9.69 Å². The van der Waals surface area contributed by atoms with Gasteiger partial charge in [0, 0.05) is 32.2 Å². The Bertz CT molecular complexity index is 275. The molecule has 0 spiro atoms. The van der Waals surface area contributed by atoms with Crippen molar-refractivity contribution in [3.8, 4) is 0 Å². The average molecular weight is 284 g/mol. The van der Waals surface area contributed by atoms with Gasteiger partial charge in [0.25, 0.3) is 0 Å². The fourth-order valence-electron chi connectivity index (χ4n) is 2.60. The van der Waals surface area contributed by atoms with Crippen molar-refractivity contribution in [3.63, 3.8) is 0 Å². The second-order valence-electron chi connectivity index (χ2n) is 6.07. The Balaban J connectivity index is 2.22. The standard InChI is InChI=1S/C15H32N4O/c1-13(2)17-15(20)14(3)19-11-9-18(10-12-19)8-6-4-5-7-16/h13-14H,4-12,16H2,1-3H3,(H,17,20). The van der Waals surface area contributed by atoms with E-state index in [1.807, 2.05) is 20.8 Å². The number of piperazine rings is 1. The number of rotatable bonds is 8. The molecule has 1 aliphatic rings. The van der Waals surface area contributed by atoms with E-state index in [1.165, 1.54) is 19.4 Å². The topological polar surface area (TPSA) is 61.6 Å². The van der Waals surface area contributed by atoms with Crippen LogP contribution in [-0.2, 0) is 4.79 Å². The van der Waals surface area contributed by atoms with E-state index in [9.17, 15) is 4.79 Å². The summed E-state index contributed by atoms with van der Waals surface area (Å²) in [4.78, 5) is 16.8. The number of carbonyl (C=O) groups excluding carboxylic acids is 1. The van der Waals surface area contributed by atoms with Crippen molar-refractivity contribution in [2.24, 2.45) is 5.73 Å². The first kappa shape index (κ1) is 17.4. The van der Waals surface area contributed by atoms with Gasteiger partial charge in [0.05, 0.1) is 6.04 Å². The fourth-order valence-corrected chi connectivity index (χ4v) is 2.60. The van der Waals surface area contributed by atoms with Gasteiger partial charge in [0.2, 0.25) is 5.91 Å². The lowest BCUT2D eigenvalue weighted by atomic mass is 10.2. The molecule has 118 valence electrons. The van der Waals surface area contributed by atoms with E-state index in [2.05, 4.69) is 15.1 Å². The zero-order valence-electron chi connectivity index (χ0n) is 13.4. The first-order chi connectivity index (χ1) is 9.54. The minimum Gasteiger partial charge on any atom is -0.353 e. The van der Waals surface area contributed by atoms with Crippen LogP contribution in [0.25, 0.3) is 0 Å². The van der Waals surface area contributed by atoms with Gasteiger partial charge in [0.15, 0.2) is 0 Å². The first-order valence-corrected chi connectivity index (χ1v) is 8.01. The molecule has 1 atom stereocenters. The molecule has 3 N–H and O–H groups in total. The lowest BCUT2D eigenvalue weighted by Crippen LogP contribution is -2.54. The van der Waals surface area contributed by atoms with Crippen LogP contribution in [0.5, 0.6) is 0 Å². The Labute approximate surface area is 123 Å². The molecule has 20 heavy (non-hydrogen) atoms. The second-order valence-corrected chi connectivity index (χ2v) is 6.07. The van der Waals surface area contributed by atoms with Crippen molar-refractivity contribution < 1.29 is 4.79 Å². The van der Waals surface area contributed by atoms with Crippen LogP contribution in [-0.4, -0.2) is 67.1 Å². The number of hydrogen-bond acceptors (Lipinski definition) is 4. The highest BCUT2D eigenvalue weighted by Crippen LogP contribution is 2.08. The zero-order chi connectivity index (χ0) is 15.0. The minimum absolute atomic E-state index is 0.0169. The molecule has 0 bridgehead atoms. The lowest BCUT2D eigenvalue weighted by molar-refractivity contribution is -0.127. The number of nitrogens with zero attached hydrogens (tertiary/aromatic N) is 2. The molecule has 1 rings (SSSR count). The molecule has 0 saturated carbocycles. The molecule has 1 saturated heterocycles. The van der Waals surface area contributed by atoms with E-state index in [1.54, 1.807) is 0 Å². The van der Waals surface area contributed by atoms with Crippen LogP contribution in [0.15, 0.2) is 0 Å². The SMILES string of the molecule is CC(C)NC(=O)C(C)N1CCN(CCCCCN)CC1. The highest BCUT2D eigenvalue weighted by Gasteiger charge is 2.25. The summed E-state index contributed by atoms with van der Waals surface area (Å²) in [5, 5.41) is 2.99. The Morgan fingerprint density at radius 2 is 1.75 bits per heavy atom. The molecule has 0 aromatic rings. The van der Waals surface area contributed by atoms with E-state index in [-0.39, 0.29) is 18.0 Å². The van der Waals surface area contributed by atoms with Crippen molar-refractivity contribution in [1.29, 1.82) is 0 Å². The molecular formula is C15H32N4O. The van der Waals surface area contributed by atoms with E-state index in [4.69, 9.17) is 5.73 Å². The van der Waals surface area contributed by atoms with Crippen LogP contribution >= 0.6 is 0 Å². The van der Waals surface area contributed by atoms with Crippen molar-refractivity contribution >= 4 is 5.91 Å². The number of hydrogen-bond donors (Lipinski definition) is 2. The van der Waals surface area contributed by atoms with Gasteiger partial charge in [-0.05, 0) is 46.7 Å². The summed E-state index contributed by atoms with van der Waals surface area (Å²) in [6.45, 7) is 12.1. The third kappa shape index (κ3) is 6.20. The Morgan fingerprint density at radius 3 is 2.30 bits per heavy atom. The fraction of sp³-hybridized carbons (Fsp3) is 0.933. The Kier molecular flexibility index (Phi) is 8.11. The number of unbranched alkanes of at least 4 members (excludes halogenated alkanes) is 2. The van der Waals surface area contributed by atoms with Crippen LogP contribution in [0.4, 0.5) is 0 Å². The maximum absolute atomic E-state index is 12.0. The van der Waals surface area contributed by atoms with Crippen LogP contribution < -0.4 is 11.1 Å². The first-order valence-electron chi connectivity index (χ1n) is 8.01. The third-order valence-electron chi connectivity index (χ3n) is 3.94. The van der Waals surface area contributed by atoms with Crippen molar-refractivity contribution in [3.05, 3.63) is 0 Å². The molecule has 5 nitrogen and oxygen atoms in total. The predicted octanol–water partition coefficient (Wildman–Crippen LogP) is 0.646. The average Bonchev–Trinajstić information content (AvgIpc) is 2.43. The molecule has 1 fully saturated rings. The van der Waals surface area contributed by atoms with Gasteiger partial charge in [0.1, 0.15) is 0 Å². The van der Waals surface area contributed by atoms with Crippen LogP contribution in [0.3, 0.4) is 0 Å². The molecule has 5 heteroatoms. The summed E-state index contributed by atoms with van der Waals surface area (Å²) >= 11 is 0. The van der Waals surface area contributed by atoms with Crippen LogP contribution in [0, 0.1) is 0 Å². The highest BCUT2D eigenvalue weighted by molar-refractivity contribution is 5.81. The van der Waals surface area contributed by atoms with Gasteiger partial charge in [-0.25, -0.2) is 0 Å². The molecule has 1 aliphatic heterocycles. The largest absolute Gasteiger partial charge is 0.353 e. The van der Waals surface area contributed by atoms with Crippen molar-refractivity contribution in [2.45, 2.75) is 52.1 Å². The summed E-state index contributed by atoms with van der Waals surface area (Å²) in [6, 6.07) is 0.200. The molecule has 0 aromatic carbocycles. The number of nitrogens with one attached hydrogen (secondary N) is 1. The van der Waals surface area contributed by atoms with E-state index < -0.39 is 0 Å². The van der Waals surface area contributed by atoms with E-state index in [0.29, 0.717) is 0 Å². The van der Waals surface area contributed by atoms with Crippen LogP contribution in [0.2, 0.25) is 0 Å². The summed E-state index contributed by atoms with van der Waals surface area (Å²) in [6.07, 6.45) is 3.59. The van der Waals surface area contributed by atoms with Gasteiger partial charge in [-0.1, -0.05) is 6.42 Å². The van der Waals surface area contributed by atoms with Crippen LogP contribution in [0.1, 0.15) is 40.0 Å². The number of carbonyl (C=O) groups is 1. The smallest absolute Gasteiger partial charge is 0.237 e. The predicted molar refractivity (Wildman–Crippen MR) is 83.7 cm³/mol. The third-order valence-corrected chi connectivity index (χ3v) is 3.94. The molecule has 0 aromatic heterocycles. The quantitative estimate of drug-likeness (QED) is 0.642. The summed E-state index contributed by atoms with van der Waals surface area (Å²) < 4.78 is 0. The number of amides is 1. The molecule has 0 radical (unpaired) electrons. The summed E-state index contributed by atoms with van der Waals surface area (Å²) in [5.41, 5.74) is 5.50. The second kappa shape index (κ2) is 9.32. The minimum atomic E-state index is -0.0169. The van der Waals surface area contributed by atoms with Crippen molar-refractivity contribution in [1.82, 2.24) is 15.1 Å². The van der Waals surface area contributed by atoms with Gasteiger partial charge in [-0.15, -0.1) is 0 Å². The highest BCUT2D eigenvalue weighted by atomic mass is 16.2. The molecule has 0 aliphatic carbocycles. The Morgan fingerprint density at radius 1 is 1.10 bits per heavy atom. The molecular weight excluding hydrogens is 252 g/mol. The van der Waals surface area contributed by atoms with E-state index in [0.717, 1.165) is 39.1 Å². The van der Waals surface area contributed by atoms with Gasteiger partial charge < -0.3 is 16.0 Å². The maximum atomic E-state index is 12.0. The van der Waals surface area contributed by atoms with Crippen molar-refractivity contribution in [2.75, 3.05) is 39.3 Å². The monoisotopic (exact) mass is 284 g/mol. The maximum Gasteiger partial charge on any atom is 0.237 e. The molecule has 1 unspecified atom stereocenters. The zero-order valence-corrected chi connectivity index (χ0v) is 13.4. The van der Waals surface area contributed by atoms with E-state index >= 15 is 0 Å². The number of nitrogens with two attached hydrogens (primary N) is 1. The van der Waals surface area contributed by atoms with Gasteiger partial charge in [-0.2, -0.15) is 0 Å². The Hall–Kier alpha value is -0.650. The van der Waals surface area contributed by atoms with Gasteiger partial charge >= 0.3 is 0 Å². The summed E-state index contributed by atoms with van der Waals surface area (Å²) in [7, 11) is 0. The normalized spacial score (nSPS) is 19.2. The summed E-state index contributed by atoms with van der Waals surface area (Å²) in [5.74, 6) is 0.149.